The Morgan fingerprint density at radius 2 is 2.00 bits per heavy atom. The number of ether oxygens (including phenoxy) is 1. The lowest BCUT2D eigenvalue weighted by Crippen LogP contribution is -2.12. The topological polar surface area (TPSA) is 46.5 Å². The van der Waals surface area contributed by atoms with Gasteiger partial charge in [-0.15, -0.1) is 0 Å². The van der Waals surface area contributed by atoms with E-state index in [4.69, 9.17) is 9.84 Å². The molecule has 0 aliphatic rings. The standard InChI is InChI=1S/C12H16O3/c1-9(7-13)8-15-12-5-3-11(4-6-12)10(2)14/h3-6,9,13H,7-8H2,1-2H3/t9-/m1/s1. The monoisotopic (exact) mass is 208 g/mol. The normalized spacial score (nSPS) is 12.2. The molecule has 1 rings (SSSR count). The highest BCUT2D eigenvalue weighted by molar-refractivity contribution is 5.94. The quantitative estimate of drug-likeness (QED) is 0.752. The molecule has 0 radical (unpaired) electrons. The van der Waals surface area contributed by atoms with Gasteiger partial charge in [0.1, 0.15) is 5.75 Å². The van der Waals surface area contributed by atoms with E-state index in [1.54, 1.807) is 24.3 Å². The minimum absolute atomic E-state index is 0.0466. The maximum Gasteiger partial charge on any atom is 0.159 e. The fraction of sp³-hybridized carbons (Fsp3) is 0.417. The largest absolute Gasteiger partial charge is 0.493 e. The van der Waals surface area contributed by atoms with E-state index < -0.39 is 0 Å². The Morgan fingerprint density at radius 3 is 2.47 bits per heavy atom. The van der Waals surface area contributed by atoms with Crippen LogP contribution in [0, 0.1) is 5.92 Å². The van der Waals surface area contributed by atoms with E-state index in [1.165, 1.54) is 6.92 Å². The molecule has 1 N–H and O–H groups in total. The van der Waals surface area contributed by atoms with Gasteiger partial charge in [0.15, 0.2) is 5.78 Å². The minimum atomic E-state index is 0.0466. The number of ketones is 1. The van der Waals surface area contributed by atoms with Crippen LogP contribution in [-0.2, 0) is 0 Å². The first-order valence-electron chi connectivity index (χ1n) is 4.98. The number of hydrogen-bond acceptors (Lipinski definition) is 3. The zero-order valence-corrected chi connectivity index (χ0v) is 9.06. The Kier molecular flexibility index (Phi) is 4.31. The van der Waals surface area contributed by atoms with Gasteiger partial charge in [-0.3, -0.25) is 4.79 Å². The zero-order chi connectivity index (χ0) is 11.3. The van der Waals surface area contributed by atoms with Gasteiger partial charge in [0, 0.05) is 18.1 Å². The average Bonchev–Trinajstić information content (AvgIpc) is 2.26. The van der Waals surface area contributed by atoms with E-state index in [9.17, 15) is 4.79 Å². The number of hydrogen-bond donors (Lipinski definition) is 1. The van der Waals surface area contributed by atoms with Gasteiger partial charge >= 0.3 is 0 Å². The third kappa shape index (κ3) is 3.72. The zero-order valence-electron chi connectivity index (χ0n) is 9.06. The summed E-state index contributed by atoms with van der Waals surface area (Å²) in [5.41, 5.74) is 0.678. The summed E-state index contributed by atoms with van der Waals surface area (Å²) in [6.45, 7) is 4.04. The molecule has 1 atom stereocenters. The lowest BCUT2D eigenvalue weighted by atomic mass is 10.1. The summed E-state index contributed by atoms with van der Waals surface area (Å²) >= 11 is 0. The number of Topliss-reactive ketones (excluding diaryl/α,β-unsaturated/α-hetero) is 1. The van der Waals surface area contributed by atoms with Crippen molar-refractivity contribution in [1.29, 1.82) is 0 Å². The molecular weight excluding hydrogens is 192 g/mol. The first-order chi connectivity index (χ1) is 7.13. The van der Waals surface area contributed by atoms with Crippen LogP contribution in [0.1, 0.15) is 24.2 Å². The number of carbonyl (C=O) groups excluding carboxylic acids is 1. The van der Waals surface area contributed by atoms with E-state index in [0.717, 1.165) is 5.75 Å². The number of aliphatic hydroxyl groups excluding tert-OH is 1. The second kappa shape index (κ2) is 5.51. The van der Waals surface area contributed by atoms with E-state index in [-0.39, 0.29) is 18.3 Å². The summed E-state index contributed by atoms with van der Waals surface area (Å²) in [7, 11) is 0. The highest BCUT2D eigenvalue weighted by Gasteiger charge is 2.02. The molecule has 1 aromatic carbocycles. The Morgan fingerprint density at radius 1 is 1.40 bits per heavy atom. The summed E-state index contributed by atoms with van der Waals surface area (Å²) in [4.78, 5) is 11.0. The van der Waals surface area contributed by atoms with Crippen molar-refractivity contribution in [3.05, 3.63) is 29.8 Å². The van der Waals surface area contributed by atoms with Crippen molar-refractivity contribution in [2.24, 2.45) is 5.92 Å². The van der Waals surface area contributed by atoms with E-state index in [1.807, 2.05) is 6.92 Å². The molecule has 0 aliphatic heterocycles. The summed E-state index contributed by atoms with van der Waals surface area (Å²) in [6.07, 6.45) is 0. The van der Waals surface area contributed by atoms with Crippen LogP contribution in [0.2, 0.25) is 0 Å². The van der Waals surface area contributed by atoms with Crippen molar-refractivity contribution in [1.82, 2.24) is 0 Å². The Labute approximate surface area is 89.7 Å². The number of benzene rings is 1. The molecule has 3 heteroatoms. The van der Waals surface area contributed by atoms with Crippen LogP contribution in [0.15, 0.2) is 24.3 Å². The lowest BCUT2D eigenvalue weighted by molar-refractivity contribution is 0.101. The summed E-state index contributed by atoms with van der Waals surface area (Å²) in [5, 5.41) is 8.81. The van der Waals surface area contributed by atoms with Crippen molar-refractivity contribution in [3.8, 4) is 5.75 Å². The second-order valence-electron chi connectivity index (χ2n) is 3.68. The molecule has 0 aromatic heterocycles. The molecule has 0 saturated heterocycles. The minimum Gasteiger partial charge on any atom is -0.493 e. The van der Waals surface area contributed by atoms with Gasteiger partial charge in [0.05, 0.1) is 6.61 Å². The average molecular weight is 208 g/mol. The van der Waals surface area contributed by atoms with Gasteiger partial charge in [0.25, 0.3) is 0 Å². The molecule has 0 aliphatic carbocycles. The van der Waals surface area contributed by atoms with Gasteiger partial charge in [0.2, 0.25) is 0 Å². The van der Waals surface area contributed by atoms with Crippen LogP contribution in [0.4, 0.5) is 0 Å². The van der Waals surface area contributed by atoms with Crippen molar-refractivity contribution >= 4 is 5.78 Å². The lowest BCUT2D eigenvalue weighted by Gasteiger charge is -2.10. The molecule has 0 fully saturated rings. The van der Waals surface area contributed by atoms with Crippen molar-refractivity contribution in [2.45, 2.75) is 13.8 Å². The van der Waals surface area contributed by atoms with Gasteiger partial charge in [-0.2, -0.15) is 0 Å². The fourth-order valence-electron chi connectivity index (χ4n) is 1.08. The first-order valence-corrected chi connectivity index (χ1v) is 4.98. The first kappa shape index (κ1) is 11.7. The molecule has 0 bridgehead atoms. The van der Waals surface area contributed by atoms with E-state index in [2.05, 4.69) is 0 Å². The highest BCUT2D eigenvalue weighted by atomic mass is 16.5. The Hall–Kier alpha value is -1.35. The molecule has 0 amide bonds. The molecule has 1 aromatic rings. The van der Waals surface area contributed by atoms with Crippen molar-refractivity contribution < 1.29 is 14.6 Å². The van der Waals surface area contributed by atoms with E-state index in [0.29, 0.717) is 12.2 Å². The SMILES string of the molecule is CC(=O)c1ccc(OC[C@H](C)CO)cc1. The molecule has 0 unspecified atom stereocenters. The van der Waals surface area contributed by atoms with Crippen LogP contribution in [0.5, 0.6) is 5.75 Å². The van der Waals surface area contributed by atoms with Crippen molar-refractivity contribution in [3.63, 3.8) is 0 Å². The van der Waals surface area contributed by atoms with Gasteiger partial charge in [-0.05, 0) is 31.2 Å². The van der Waals surface area contributed by atoms with Crippen LogP contribution in [0.25, 0.3) is 0 Å². The third-order valence-electron chi connectivity index (χ3n) is 2.11. The number of rotatable bonds is 5. The van der Waals surface area contributed by atoms with Crippen LogP contribution < -0.4 is 4.74 Å². The second-order valence-corrected chi connectivity index (χ2v) is 3.68. The molecule has 3 nitrogen and oxygen atoms in total. The van der Waals surface area contributed by atoms with E-state index >= 15 is 0 Å². The maximum atomic E-state index is 11.0. The van der Waals surface area contributed by atoms with Crippen LogP contribution in [-0.4, -0.2) is 24.1 Å². The fourth-order valence-corrected chi connectivity index (χ4v) is 1.08. The molecule has 82 valence electrons. The molecule has 15 heavy (non-hydrogen) atoms. The Bertz CT molecular complexity index is 316. The van der Waals surface area contributed by atoms with Crippen LogP contribution >= 0.6 is 0 Å². The predicted molar refractivity (Wildman–Crippen MR) is 58.2 cm³/mol. The predicted octanol–water partition coefficient (Wildman–Crippen LogP) is 1.90. The number of carbonyl (C=O) groups is 1. The third-order valence-corrected chi connectivity index (χ3v) is 2.11. The summed E-state index contributed by atoms with van der Waals surface area (Å²) < 4.78 is 5.42. The molecule has 0 spiro atoms. The summed E-state index contributed by atoms with van der Waals surface area (Å²) in [6, 6.07) is 7.00. The summed E-state index contributed by atoms with van der Waals surface area (Å²) in [5.74, 6) is 0.892. The maximum absolute atomic E-state index is 11.0. The van der Waals surface area contributed by atoms with Gasteiger partial charge in [-0.1, -0.05) is 6.92 Å². The van der Waals surface area contributed by atoms with Crippen LogP contribution in [0.3, 0.4) is 0 Å². The van der Waals surface area contributed by atoms with Gasteiger partial charge in [-0.25, -0.2) is 0 Å². The smallest absolute Gasteiger partial charge is 0.159 e. The van der Waals surface area contributed by atoms with Crippen molar-refractivity contribution in [2.75, 3.05) is 13.2 Å². The molecule has 0 saturated carbocycles. The van der Waals surface area contributed by atoms with Gasteiger partial charge < -0.3 is 9.84 Å². The molecular formula is C12H16O3. The Balaban J connectivity index is 2.53. The number of aliphatic hydroxyl groups is 1. The molecule has 0 heterocycles. The highest BCUT2D eigenvalue weighted by Crippen LogP contribution is 2.13.